The smallest absolute Gasteiger partial charge is 0.248 e. The normalized spacial score (nSPS) is 17.0. The van der Waals surface area contributed by atoms with Crippen LogP contribution in [0.15, 0.2) is 58.5 Å². The van der Waals surface area contributed by atoms with Crippen molar-refractivity contribution in [2.75, 3.05) is 70.7 Å². The number of amides is 2. The first kappa shape index (κ1) is 45.6. The Bertz CT molecular complexity index is 2570. The lowest BCUT2D eigenvalue weighted by atomic mass is 9.99. The number of amidine groups is 1. The van der Waals surface area contributed by atoms with Crippen molar-refractivity contribution in [3.05, 3.63) is 108 Å². The quantitative estimate of drug-likeness (QED) is 0.110. The number of carbonyl (C=O) groups is 2. The Kier molecular flexibility index (Phi) is 14.5. The van der Waals surface area contributed by atoms with E-state index in [-0.39, 0.29) is 44.7 Å². The van der Waals surface area contributed by atoms with Gasteiger partial charge in [-0.25, -0.2) is 15.0 Å². The zero-order valence-corrected chi connectivity index (χ0v) is 39.1. The summed E-state index contributed by atoms with van der Waals surface area (Å²) >= 11 is 20.2. The molecule has 3 aliphatic heterocycles. The minimum Gasteiger partial charge on any atom is -0.377 e. The van der Waals surface area contributed by atoms with Crippen LogP contribution in [0.4, 0.5) is 11.5 Å². The second-order valence-electron chi connectivity index (χ2n) is 15.7. The van der Waals surface area contributed by atoms with Gasteiger partial charge in [0.2, 0.25) is 11.8 Å². The van der Waals surface area contributed by atoms with Crippen molar-refractivity contribution in [1.82, 2.24) is 45.3 Å². The van der Waals surface area contributed by atoms with Gasteiger partial charge in [-0.15, -0.1) is 21.5 Å². The number of ether oxygens (including phenoxy) is 2. The Morgan fingerprint density at radius 3 is 2.47 bits per heavy atom. The molecule has 0 spiro atoms. The molecule has 64 heavy (non-hydrogen) atoms. The summed E-state index contributed by atoms with van der Waals surface area (Å²) in [4.78, 5) is 50.8. The maximum Gasteiger partial charge on any atom is 0.248 e. The molecule has 0 bridgehead atoms. The number of fused-ring (bicyclic) bond motifs is 3. The third-order valence-corrected chi connectivity index (χ3v) is 13.4. The molecule has 3 aromatic heterocycles. The second kappa shape index (κ2) is 20.4. The standard InChI is InChI=1S/C44H49Cl3N12O4S/c1-26-21-37(51-36-11-13-58(55-36)32-9-10-33(46)34(47)22-32)52-38(49-26)24-56-14-16-57(17-15-56)40(61)25-63-20-19-62-18-12-48-39(60)23-35-43-54-53-29(4)59(43)44-41(27(2)28(3)64-44)42(50-35)30-5-7-31(45)8-6-30/h5-10,21-22,35H,11-20,23-25H2,1-4H3,(H,48,60)(H,49,51,52,55)/t35-/m0/s1. The Morgan fingerprint density at radius 1 is 0.906 bits per heavy atom. The molecule has 6 heterocycles. The predicted octanol–water partition coefficient (Wildman–Crippen LogP) is 6.53. The number of nitrogens with zero attached hydrogens (tertiary/aromatic N) is 10. The fraction of sp³-hybridized carbons (Fsp3) is 0.409. The first-order valence-electron chi connectivity index (χ1n) is 21.1. The van der Waals surface area contributed by atoms with Crippen molar-refractivity contribution in [2.45, 2.75) is 53.1 Å². The van der Waals surface area contributed by atoms with Crippen molar-refractivity contribution < 1.29 is 19.1 Å². The van der Waals surface area contributed by atoms with E-state index in [0.29, 0.717) is 71.8 Å². The van der Waals surface area contributed by atoms with Gasteiger partial charge in [-0.1, -0.05) is 46.9 Å². The Balaban J connectivity index is 0.738. The van der Waals surface area contributed by atoms with Gasteiger partial charge in [0.25, 0.3) is 0 Å². The SMILES string of the molecule is Cc1cc(N=C2CCN(c3ccc(Cl)c(Cl)c3)N2)nc(CN2CCN(C(=O)COCCOCCNC(=O)C[C@@H]3N=C(c4ccc(Cl)cc4)c4c(sc(C)c4C)-n4c(C)nnc43)CC2)n1. The number of hydrazine groups is 1. The number of halogens is 3. The number of hydrogen-bond acceptors (Lipinski definition) is 13. The van der Waals surface area contributed by atoms with E-state index in [1.807, 2.05) is 70.8 Å². The van der Waals surface area contributed by atoms with Gasteiger partial charge in [-0.3, -0.25) is 34.5 Å². The first-order chi connectivity index (χ1) is 30.9. The molecule has 3 aliphatic rings. The number of hydrogen-bond donors (Lipinski definition) is 2. The molecule has 2 N–H and O–H groups in total. The maximum atomic E-state index is 13.3. The van der Waals surface area contributed by atoms with Crippen molar-refractivity contribution in [3.63, 3.8) is 0 Å². The predicted molar refractivity (Wildman–Crippen MR) is 250 cm³/mol. The van der Waals surface area contributed by atoms with Gasteiger partial charge in [0, 0.05) is 78.5 Å². The molecule has 5 aromatic rings. The minimum absolute atomic E-state index is 0.0308. The fourth-order valence-electron chi connectivity index (χ4n) is 7.76. The molecular formula is C44H49Cl3N12O4S. The van der Waals surface area contributed by atoms with Crippen LogP contribution in [0.5, 0.6) is 0 Å². The van der Waals surface area contributed by atoms with E-state index >= 15 is 0 Å². The van der Waals surface area contributed by atoms with Gasteiger partial charge < -0.3 is 19.7 Å². The molecule has 16 nitrogen and oxygen atoms in total. The van der Waals surface area contributed by atoms with Crippen LogP contribution >= 0.6 is 46.1 Å². The number of carbonyl (C=O) groups excluding carboxylic acids is 2. The molecule has 1 atom stereocenters. The number of nitrogens with one attached hydrogen (secondary N) is 2. The summed E-state index contributed by atoms with van der Waals surface area (Å²) < 4.78 is 13.4. The molecule has 0 radical (unpaired) electrons. The van der Waals surface area contributed by atoms with E-state index in [4.69, 9.17) is 59.2 Å². The van der Waals surface area contributed by atoms with Crippen LogP contribution in [0.25, 0.3) is 5.00 Å². The highest BCUT2D eigenvalue weighted by Crippen LogP contribution is 2.39. The lowest BCUT2D eigenvalue weighted by molar-refractivity contribution is -0.138. The summed E-state index contributed by atoms with van der Waals surface area (Å²) in [7, 11) is 0. The highest BCUT2D eigenvalue weighted by Gasteiger charge is 2.32. The zero-order chi connectivity index (χ0) is 44.9. The molecule has 0 saturated carbocycles. The molecule has 2 aromatic carbocycles. The molecule has 336 valence electrons. The highest BCUT2D eigenvalue weighted by molar-refractivity contribution is 7.15. The van der Waals surface area contributed by atoms with Crippen molar-refractivity contribution in [2.24, 2.45) is 9.98 Å². The molecular weight excluding hydrogens is 899 g/mol. The molecule has 20 heteroatoms. The Morgan fingerprint density at radius 2 is 1.69 bits per heavy atom. The van der Waals surface area contributed by atoms with Crippen LogP contribution in [-0.2, 0) is 25.6 Å². The molecule has 2 amide bonds. The van der Waals surface area contributed by atoms with Gasteiger partial charge in [-0.05, 0) is 63.6 Å². The molecule has 2 fully saturated rings. The lowest BCUT2D eigenvalue weighted by Crippen LogP contribution is -2.49. The fourth-order valence-corrected chi connectivity index (χ4v) is 9.39. The van der Waals surface area contributed by atoms with Gasteiger partial charge in [-0.2, -0.15) is 0 Å². The van der Waals surface area contributed by atoms with Crippen LogP contribution in [0.1, 0.15) is 63.6 Å². The summed E-state index contributed by atoms with van der Waals surface area (Å²) in [6.45, 7) is 12.9. The number of aryl methyl sites for hydroxylation is 3. The highest BCUT2D eigenvalue weighted by atomic mass is 35.5. The van der Waals surface area contributed by atoms with Gasteiger partial charge >= 0.3 is 0 Å². The molecule has 0 aliphatic carbocycles. The van der Waals surface area contributed by atoms with E-state index in [1.165, 1.54) is 4.88 Å². The lowest BCUT2D eigenvalue weighted by Gasteiger charge is -2.34. The maximum absolute atomic E-state index is 13.3. The van der Waals surface area contributed by atoms with E-state index in [1.54, 1.807) is 17.4 Å². The number of piperazine rings is 1. The third kappa shape index (κ3) is 10.7. The van der Waals surface area contributed by atoms with Crippen molar-refractivity contribution in [3.8, 4) is 5.00 Å². The second-order valence-corrected chi connectivity index (χ2v) is 18.2. The van der Waals surface area contributed by atoms with Crippen LogP contribution in [0.2, 0.25) is 15.1 Å². The summed E-state index contributed by atoms with van der Waals surface area (Å²) in [5.74, 6) is 3.18. The average Bonchev–Trinajstić information content (AvgIpc) is 3.95. The summed E-state index contributed by atoms with van der Waals surface area (Å²) in [6, 6.07) is 14.4. The van der Waals surface area contributed by atoms with Crippen LogP contribution < -0.4 is 15.8 Å². The number of benzene rings is 2. The Labute approximate surface area is 390 Å². The number of anilines is 1. The number of thiophene rings is 1. The third-order valence-electron chi connectivity index (χ3n) is 11.2. The molecule has 2 saturated heterocycles. The Hall–Kier alpha value is -5.01. The molecule has 0 unspecified atom stereocenters. The van der Waals surface area contributed by atoms with E-state index < -0.39 is 6.04 Å². The summed E-state index contributed by atoms with van der Waals surface area (Å²) in [5, 5.41) is 16.4. The number of aromatic nitrogens is 5. The van der Waals surface area contributed by atoms with Gasteiger partial charge in [0.15, 0.2) is 11.6 Å². The number of rotatable bonds is 15. The van der Waals surface area contributed by atoms with E-state index in [9.17, 15) is 9.59 Å². The minimum atomic E-state index is -0.562. The van der Waals surface area contributed by atoms with Crippen molar-refractivity contribution >= 4 is 81.0 Å². The zero-order valence-electron chi connectivity index (χ0n) is 36.0. The van der Waals surface area contributed by atoms with E-state index in [2.05, 4.69) is 44.7 Å². The summed E-state index contributed by atoms with van der Waals surface area (Å²) in [6.07, 6.45) is 0.806. The van der Waals surface area contributed by atoms with Gasteiger partial charge in [0.05, 0.1) is 54.2 Å². The van der Waals surface area contributed by atoms with Gasteiger partial charge in [0.1, 0.15) is 35.1 Å². The van der Waals surface area contributed by atoms with Crippen LogP contribution in [0, 0.1) is 27.7 Å². The van der Waals surface area contributed by atoms with Crippen molar-refractivity contribution in [1.29, 1.82) is 0 Å². The van der Waals surface area contributed by atoms with E-state index in [0.717, 1.165) is 63.4 Å². The number of aliphatic imine (C=N–C) groups is 2. The monoisotopic (exact) mass is 946 g/mol. The molecule has 8 rings (SSSR count). The summed E-state index contributed by atoms with van der Waals surface area (Å²) in [5.41, 5.74) is 8.91. The average molecular weight is 948 g/mol. The van der Waals surface area contributed by atoms with Crippen LogP contribution in [0.3, 0.4) is 0 Å². The largest absolute Gasteiger partial charge is 0.377 e. The first-order valence-corrected chi connectivity index (χ1v) is 23.0. The topological polar surface area (TPSA) is 168 Å². The van der Waals surface area contributed by atoms with Crippen LogP contribution in [-0.4, -0.2) is 124 Å².